The van der Waals surface area contributed by atoms with Gasteiger partial charge in [-0.3, -0.25) is 4.79 Å². The van der Waals surface area contributed by atoms with Crippen LogP contribution in [0.25, 0.3) is 0 Å². The average molecular weight is 247 g/mol. The second-order valence-corrected chi connectivity index (χ2v) is 4.00. The zero-order chi connectivity index (χ0) is 12.6. The Kier molecular flexibility index (Phi) is 3.13. The lowest BCUT2D eigenvalue weighted by Gasteiger charge is -2.21. The quantitative estimate of drug-likeness (QED) is 0.564. The van der Waals surface area contributed by atoms with Crippen LogP contribution in [0.1, 0.15) is 37.2 Å². The van der Waals surface area contributed by atoms with E-state index in [9.17, 15) is 22.4 Å². The molecule has 1 heterocycles. The average Bonchev–Trinajstić information content (AvgIpc) is 2.29. The van der Waals surface area contributed by atoms with Crippen molar-refractivity contribution in [3.8, 4) is 0 Å². The molecular weight excluding hydrogens is 238 g/mol. The number of halogens is 4. The Bertz CT molecular complexity index is 449. The van der Waals surface area contributed by atoms with Crippen LogP contribution in [0, 0.1) is 23.5 Å². The zero-order valence-electron chi connectivity index (χ0n) is 8.77. The molecule has 0 amide bonds. The lowest BCUT2D eigenvalue weighted by atomic mass is 9.83. The third kappa shape index (κ3) is 2.03. The summed E-state index contributed by atoms with van der Waals surface area (Å²) < 4.78 is 52.6. The lowest BCUT2D eigenvalue weighted by molar-refractivity contribution is -0.122. The number of hydrogen-bond acceptors (Lipinski definition) is 2. The van der Waals surface area contributed by atoms with Gasteiger partial charge in [-0.15, -0.1) is 0 Å². The Balaban J connectivity index is 2.53. The number of carbonyl (C=O) groups is 1. The molecule has 0 radical (unpaired) electrons. The van der Waals surface area contributed by atoms with E-state index in [0.29, 0.717) is 12.8 Å². The summed E-state index contributed by atoms with van der Waals surface area (Å²) >= 11 is 0. The second kappa shape index (κ2) is 4.43. The minimum Gasteiger partial charge on any atom is -0.299 e. The maximum atomic E-state index is 13.4. The molecule has 0 spiro atoms. The number of pyridine rings is 1. The third-order valence-corrected chi connectivity index (χ3v) is 2.93. The molecule has 6 heteroatoms. The summed E-state index contributed by atoms with van der Waals surface area (Å²) in [6.07, 6.45) is 1.61. The van der Waals surface area contributed by atoms with Gasteiger partial charge in [0.25, 0.3) is 11.9 Å². The van der Waals surface area contributed by atoms with Gasteiger partial charge in [0.15, 0.2) is 11.6 Å². The van der Waals surface area contributed by atoms with E-state index in [-0.39, 0.29) is 18.6 Å². The summed E-state index contributed by atoms with van der Waals surface area (Å²) in [5.74, 6) is -8.04. The first kappa shape index (κ1) is 12.0. The van der Waals surface area contributed by atoms with Gasteiger partial charge in [0.2, 0.25) is 0 Å². The Morgan fingerprint density at radius 3 is 2.12 bits per heavy atom. The highest BCUT2D eigenvalue weighted by molar-refractivity contribution is 5.86. The van der Waals surface area contributed by atoms with Gasteiger partial charge >= 0.3 is 0 Å². The number of ketones is 1. The van der Waals surface area contributed by atoms with E-state index in [1.165, 1.54) is 0 Å². The summed E-state index contributed by atoms with van der Waals surface area (Å²) in [5, 5.41) is 0. The van der Waals surface area contributed by atoms with Gasteiger partial charge in [-0.2, -0.15) is 13.8 Å². The smallest absolute Gasteiger partial charge is 0.252 e. The van der Waals surface area contributed by atoms with Crippen LogP contribution in [0.3, 0.4) is 0 Å². The van der Waals surface area contributed by atoms with Gasteiger partial charge in [-0.25, -0.2) is 8.78 Å². The molecule has 2 nitrogen and oxygen atoms in total. The molecule has 0 aromatic carbocycles. The van der Waals surface area contributed by atoms with Crippen molar-refractivity contribution < 1.29 is 22.4 Å². The van der Waals surface area contributed by atoms with E-state index in [4.69, 9.17) is 0 Å². The van der Waals surface area contributed by atoms with E-state index in [2.05, 4.69) is 4.98 Å². The van der Waals surface area contributed by atoms with Crippen LogP contribution >= 0.6 is 0 Å². The number of Topliss-reactive ketones (excluding diaryl/α,β-unsaturated/α-hetero) is 1. The molecule has 1 aliphatic rings. The van der Waals surface area contributed by atoms with Gasteiger partial charge in [-0.1, -0.05) is 6.42 Å². The van der Waals surface area contributed by atoms with Gasteiger partial charge in [0, 0.05) is 17.9 Å². The summed E-state index contributed by atoms with van der Waals surface area (Å²) in [7, 11) is 0. The lowest BCUT2D eigenvalue weighted by Crippen LogP contribution is -2.21. The molecule has 1 aliphatic carbocycles. The monoisotopic (exact) mass is 247 g/mol. The maximum Gasteiger partial charge on any atom is 0.252 e. The van der Waals surface area contributed by atoms with Crippen LogP contribution in [0.15, 0.2) is 0 Å². The van der Waals surface area contributed by atoms with Crippen LogP contribution in [0.4, 0.5) is 17.6 Å². The highest BCUT2D eigenvalue weighted by Gasteiger charge is 2.32. The van der Waals surface area contributed by atoms with E-state index in [1.807, 2.05) is 0 Å². The zero-order valence-corrected chi connectivity index (χ0v) is 8.77. The minimum absolute atomic E-state index is 0.176. The van der Waals surface area contributed by atoms with Crippen molar-refractivity contribution >= 4 is 5.78 Å². The number of hydrogen-bond donors (Lipinski definition) is 0. The molecule has 17 heavy (non-hydrogen) atoms. The topological polar surface area (TPSA) is 30.0 Å². The van der Waals surface area contributed by atoms with E-state index >= 15 is 0 Å². The molecule has 1 unspecified atom stereocenters. The molecule has 1 aromatic heterocycles. The largest absolute Gasteiger partial charge is 0.299 e. The first-order valence-corrected chi connectivity index (χ1v) is 5.25. The highest BCUT2D eigenvalue weighted by atomic mass is 19.2. The Labute approximate surface area is 94.7 Å². The predicted molar refractivity (Wildman–Crippen MR) is 50.3 cm³/mol. The number of aromatic nitrogens is 1. The SMILES string of the molecule is O=C1CCCCC1c1c(F)c(F)nc(F)c1F. The molecule has 0 saturated heterocycles. The number of carbonyl (C=O) groups excluding carboxylic acids is 1. The molecule has 1 aromatic rings. The van der Waals surface area contributed by atoms with Crippen molar-refractivity contribution in [3.05, 3.63) is 29.1 Å². The van der Waals surface area contributed by atoms with Crippen molar-refractivity contribution in [2.75, 3.05) is 0 Å². The molecule has 92 valence electrons. The molecule has 0 N–H and O–H groups in total. The van der Waals surface area contributed by atoms with Crippen LogP contribution in [-0.4, -0.2) is 10.8 Å². The summed E-state index contributed by atoms with van der Waals surface area (Å²) in [4.78, 5) is 14.0. The number of nitrogens with zero attached hydrogens (tertiary/aromatic N) is 1. The normalized spacial score (nSPS) is 20.7. The third-order valence-electron chi connectivity index (χ3n) is 2.93. The summed E-state index contributed by atoms with van der Waals surface area (Å²) in [6.45, 7) is 0. The van der Waals surface area contributed by atoms with Crippen molar-refractivity contribution in [2.24, 2.45) is 0 Å². The van der Waals surface area contributed by atoms with Gasteiger partial charge in [-0.05, 0) is 12.8 Å². The molecule has 0 aliphatic heterocycles. The van der Waals surface area contributed by atoms with Gasteiger partial charge in [0.1, 0.15) is 5.78 Å². The fourth-order valence-corrected chi connectivity index (χ4v) is 2.10. The Hall–Kier alpha value is -1.46. The van der Waals surface area contributed by atoms with Crippen molar-refractivity contribution in [3.63, 3.8) is 0 Å². The first-order valence-electron chi connectivity index (χ1n) is 5.25. The summed E-state index contributed by atoms with van der Waals surface area (Å²) in [5.41, 5.74) is -0.820. The molecule has 2 rings (SSSR count). The fraction of sp³-hybridized carbons (Fsp3) is 0.455. The minimum atomic E-state index is -1.71. The van der Waals surface area contributed by atoms with Crippen LogP contribution in [0.2, 0.25) is 0 Å². The van der Waals surface area contributed by atoms with Crippen molar-refractivity contribution in [1.82, 2.24) is 4.98 Å². The Morgan fingerprint density at radius 2 is 1.59 bits per heavy atom. The van der Waals surface area contributed by atoms with E-state index in [1.54, 1.807) is 0 Å². The number of rotatable bonds is 1. The maximum absolute atomic E-state index is 13.4. The molecule has 1 saturated carbocycles. The van der Waals surface area contributed by atoms with Crippen LogP contribution in [-0.2, 0) is 4.79 Å². The van der Waals surface area contributed by atoms with Crippen LogP contribution in [0.5, 0.6) is 0 Å². The standard InChI is InChI=1S/C11H9F4NO/c12-8-7(5-3-1-2-4-6(5)17)9(13)11(15)16-10(8)14/h5H,1-4H2. The second-order valence-electron chi connectivity index (χ2n) is 4.00. The molecule has 0 bridgehead atoms. The fourth-order valence-electron chi connectivity index (χ4n) is 2.10. The predicted octanol–water partition coefficient (Wildman–Crippen LogP) is 2.86. The summed E-state index contributed by atoms with van der Waals surface area (Å²) in [6, 6.07) is 0. The molecular formula is C11H9F4NO. The van der Waals surface area contributed by atoms with E-state index < -0.39 is 35.0 Å². The van der Waals surface area contributed by atoms with Gasteiger partial charge in [0.05, 0.1) is 0 Å². The molecule has 1 atom stereocenters. The first-order chi connectivity index (χ1) is 8.02. The molecule has 1 fully saturated rings. The van der Waals surface area contributed by atoms with Crippen LogP contribution < -0.4 is 0 Å². The highest BCUT2D eigenvalue weighted by Crippen LogP contribution is 2.34. The van der Waals surface area contributed by atoms with Crippen molar-refractivity contribution in [2.45, 2.75) is 31.6 Å². The van der Waals surface area contributed by atoms with Gasteiger partial charge < -0.3 is 0 Å². The van der Waals surface area contributed by atoms with E-state index in [0.717, 1.165) is 0 Å². The Morgan fingerprint density at radius 1 is 1.00 bits per heavy atom. The van der Waals surface area contributed by atoms with Crippen molar-refractivity contribution in [1.29, 1.82) is 0 Å².